The third-order valence-electron chi connectivity index (χ3n) is 1.11. The number of hydrogen-bond donors (Lipinski definition) is 0. The van der Waals surface area contributed by atoms with Crippen LogP contribution in [-0.4, -0.2) is 12.6 Å². The molecule has 0 saturated carbocycles. The summed E-state index contributed by atoms with van der Waals surface area (Å²) in [6.45, 7) is 5.76. The molecular formula is C9H14O2. The molecule has 0 aromatic carbocycles. The lowest BCUT2D eigenvalue weighted by Crippen LogP contribution is -2.02. The summed E-state index contributed by atoms with van der Waals surface area (Å²) in [7, 11) is 0. The van der Waals surface area contributed by atoms with Crippen molar-refractivity contribution in [2.24, 2.45) is 0 Å². The number of hydrogen-bond acceptors (Lipinski definition) is 2. The van der Waals surface area contributed by atoms with Gasteiger partial charge in [0.05, 0.1) is 6.61 Å². The Kier molecular flexibility index (Phi) is 6.39. The van der Waals surface area contributed by atoms with Crippen LogP contribution in [0.2, 0.25) is 0 Å². The molecule has 0 aromatic heterocycles. The summed E-state index contributed by atoms with van der Waals surface area (Å²) < 4.78 is 4.81. The van der Waals surface area contributed by atoms with E-state index in [9.17, 15) is 4.79 Å². The molecule has 0 atom stereocenters. The summed E-state index contributed by atoms with van der Waals surface area (Å²) in [6, 6.07) is 0. The Labute approximate surface area is 67.6 Å². The van der Waals surface area contributed by atoms with Gasteiger partial charge in [0.25, 0.3) is 0 Å². The molecule has 0 bridgehead atoms. The van der Waals surface area contributed by atoms with Crippen LogP contribution < -0.4 is 0 Å². The van der Waals surface area contributed by atoms with Gasteiger partial charge in [0.1, 0.15) is 0 Å². The first kappa shape index (κ1) is 9.95. The molecule has 0 amide bonds. The molecule has 11 heavy (non-hydrogen) atoms. The molecule has 0 aliphatic rings. The minimum Gasteiger partial charge on any atom is -0.465 e. The number of ether oxygens (including phenoxy) is 1. The molecule has 62 valence electrons. The monoisotopic (exact) mass is 154 g/mol. The lowest BCUT2D eigenvalue weighted by atomic mass is 10.4. The summed E-state index contributed by atoms with van der Waals surface area (Å²) >= 11 is 0. The van der Waals surface area contributed by atoms with Crippen LogP contribution >= 0.6 is 0 Å². The normalized spacial score (nSPS) is 9.91. The van der Waals surface area contributed by atoms with Gasteiger partial charge in [0, 0.05) is 6.42 Å². The zero-order chi connectivity index (χ0) is 8.53. The van der Waals surface area contributed by atoms with Crippen LogP contribution in [0.4, 0.5) is 0 Å². The minimum atomic E-state index is -0.142. The highest BCUT2D eigenvalue weighted by atomic mass is 16.5. The van der Waals surface area contributed by atoms with Crippen molar-refractivity contribution in [2.75, 3.05) is 6.61 Å². The molecule has 0 unspecified atom stereocenters. The van der Waals surface area contributed by atoms with Crippen molar-refractivity contribution < 1.29 is 9.53 Å². The van der Waals surface area contributed by atoms with Gasteiger partial charge in [0.2, 0.25) is 0 Å². The molecular weight excluding hydrogens is 140 g/mol. The maximum atomic E-state index is 10.6. The standard InChI is InChI=1S/C9H14O2/c1-3-5-6-7-8-11-9(10)4-2/h3,5-6H,1,4,7-8H2,2H3. The quantitative estimate of drug-likeness (QED) is 0.344. The second-order valence-corrected chi connectivity index (χ2v) is 2.03. The van der Waals surface area contributed by atoms with E-state index in [0.29, 0.717) is 13.0 Å². The average molecular weight is 154 g/mol. The minimum absolute atomic E-state index is 0.142. The first-order chi connectivity index (χ1) is 5.31. The van der Waals surface area contributed by atoms with E-state index in [0.717, 1.165) is 6.42 Å². The molecule has 2 heteroatoms. The number of carbonyl (C=O) groups is 1. The Hall–Kier alpha value is -1.05. The topological polar surface area (TPSA) is 26.3 Å². The summed E-state index contributed by atoms with van der Waals surface area (Å²) in [5, 5.41) is 0. The predicted molar refractivity (Wildman–Crippen MR) is 45.2 cm³/mol. The fourth-order valence-corrected chi connectivity index (χ4v) is 0.535. The highest BCUT2D eigenvalue weighted by molar-refractivity contribution is 5.68. The first-order valence-electron chi connectivity index (χ1n) is 3.74. The van der Waals surface area contributed by atoms with E-state index in [4.69, 9.17) is 4.74 Å². The van der Waals surface area contributed by atoms with Crippen LogP contribution in [0.25, 0.3) is 0 Å². The van der Waals surface area contributed by atoms with Crippen molar-refractivity contribution in [3.05, 3.63) is 24.8 Å². The molecule has 0 aromatic rings. The van der Waals surface area contributed by atoms with Crippen molar-refractivity contribution in [3.8, 4) is 0 Å². The van der Waals surface area contributed by atoms with E-state index in [-0.39, 0.29) is 5.97 Å². The van der Waals surface area contributed by atoms with Crippen molar-refractivity contribution in [3.63, 3.8) is 0 Å². The second kappa shape index (κ2) is 7.06. The van der Waals surface area contributed by atoms with E-state index in [1.165, 1.54) is 0 Å². The van der Waals surface area contributed by atoms with Crippen LogP contribution in [-0.2, 0) is 9.53 Å². The maximum absolute atomic E-state index is 10.6. The molecule has 0 radical (unpaired) electrons. The molecule has 0 aliphatic carbocycles. The smallest absolute Gasteiger partial charge is 0.305 e. The molecule has 0 aliphatic heterocycles. The van der Waals surface area contributed by atoms with Gasteiger partial charge in [-0.2, -0.15) is 0 Å². The summed E-state index contributed by atoms with van der Waals surface area (Å²) in [4.78, 5) is 10.6. The predicted octanol–water partition coefficient (Wildman–Crippen LogP) is 2.07. The van der Waals surface area contributed by atoms with E-state index < -0.39 is 0 Å². The molecule has 0 fully saturated rings. The second-order valence-electron chi connectivity index (χ2n) is 2.03. The molecule has 0 heterocycles. The van der Waals surface area contributed by atoms with Gasteiger partial charge in [-0.05, 0) is 6.42 Å². The van der Waals surface area contributed by atoms with Gasteiger partial charge >= 0.3 is 5.97 Å². The van der Waals surface area contributed by atoms with Crippen molar-refractivity contribution >= 4 is 5.97 Å². The van der Waals surface area contributed by atoms with Crippen LogP contribution in [0.5, 0.6) is 0 Å². The Bertz CT molecular complexity index is 148. The fraction of sp³-hybridized carbons (Fsp3) is 0.444. The molecule has 0 N–H and O–H groups in total. The van der Waals surface area contributed by atoms with Crippen LogP contribution in [0.1, 0.15) is 19.8 Å². The van der Waals surface area contributed by atoms with Crippen LogP contribution in [0, 0.1) is 0 Å². The highest BCUT2D eigenvalue weighted by Crippen LogP contribution is 1.89. The Morgan fingerprint density at radius 3 is 2.91 bits per heavy atom. The van der Waals surface area contributed by atoms with Gasteiger partial charge in [0.15, 0.2) is 0 Å². The molecule has 0 saturated heterocycles. The number of esters is 1. The van der Waals surface area contributed by atoms with Crippen molar-refractivity contribution in [1.82, 2.24) is 0 Å². The number of allylic oxidation sites excluding steroid dienone is 2. The van der Waals surface area contributed by atoms with E-state index in [2.05, 4.69) is 6.58 Å². The van der Waals surface area contributed by atoms with E-state index in [1.54, 1.807) is 13.0 Å². The van der Waals surface area contributed by atoms with Crippen LogP contribution in [0.3, 0.4) is 0 Å². The third-order valence-corrected chi connectivity index (χ3v) is 1.11. The van der Waals surface area contributed by atoms with Gasteiger partial charge in [-0.15, -0.1) is 0 Å². The van der Waals surface area contributed by atoms with Crippen molar-refractivity contribution in [1.29, 1.82) is 0 Å². The lowest BCUT2D eigenvalue weighted by Gasteiger charge is -1.98. The highest BCUT2D eigenvalue weighted by Gasteiger charge is 1.94. The SMILES string of the molecule is C=CC=CCCOC(=O)CC. The van der Waals surface area contributed by atoms with Gasteiger partial charge in [-0.25, -0.2) is 0 Å². The van der Waals surface area contributed by atoms with Gasteiger partial charge in [-0.1, -0.05) is 31.7 Å². The molecule has 0 spiro atoms. The summed E-state index contributed by atoms with van der Waals surface area (Å²) in [6.07, 6.45) is 6.65. The number of rotatable bonds is 5. The van der Waals surface area contributed by atoms with Gasteiger partial charge < -0.3 is 4.74 Å². The maximum Gasteiger partial charge on any atom is 0.305 e. The number of carbonyl (C=O) groups excluding carboxylic acids is 1. The Morgan fingerprint density at radius 2 is 2.36 bits per heavy atom. The molecule has 2 nitrogen and oxygen atoms in total. The van der Waals surface area contributed by atoms with Crippen molar-refractivity contribution in [2.45, 2.75) is 19.8 Å². The summed E-state index contributed by atoms with van der Waals surface area (Å²) in [5.41, 5.74) is 0. The van der Waals surface area contributed by atoms with Crippen LogP contribution in [0.15, 0.2) is 24.8 Å². The summed E-state index contributed by atoms with van der Waals surface area (Å²) in [5.74, 6) is -0.142. The molecule has 0 rings (SSSR count). The zero-order valence-electron chi connectivity index (χ0n) is 6.88. The van der Waals surface area contributed by atoms with Gasteiger partial charge in [-0.3, -0.25) is 4.79 Å². The Morgan fingerprint density at radius 1 is 1.64 bits per heavy atom. The fourth-order valence-electron chi connectivity index (χ4n) is 0.535. The third kappa shape index (κ3) is 6.84. The van der Waals surface area contributed by atoms with E-state index in [1.807, 2.05) is 12.2 Å². The lowest BCUT2D eigenvalue weighted by molar-refractivity contribution is -0.143. The largest absolute Gasteiger partial charge is 0.465 e. The first-order valence-corrected chi connectivity index (χ1v) is 3.74. The Balaban J connectivity index is 3.20. The average Bonchev–Trinajstić information content (AvgIpc) is 2.04. The van der Waals surface area contributed by atoms with E-state index >= 15 is 0 Å². The zero-order valence-corrected chi connectivity index (χ0v) is 6.88.